The summed E-state index contributed by atoms with van der Waals surface area (Å²) < 4.78 is 22.8. The highest BCUT2D eigenvalue weighted by Crippen LogP contribution is 2.25. The number of hydrogen-bond donors (Lipinski definition) is 3. The number of sulfonamides is 1. The minimum absolute atomic E-state index is 0.0134. The Labute approximate surface area is 120 Å². The Bertz CT molecular complexity index is 560. The molecule has 0 aliphatic carbocycles. The summed E-state index contributed by atoms with van der Waals surface area (Å²) in [7, 11) is -3.74. The number of nitrogens with two attached hydrogens (primary N) is 2. The van der Waals surface area contributed by atoms with Crippen molar-refractivity contribution in [2.45, 2.75) is 24.2 Å². The van der Waals surface area contributed by atoms with Crippen molar-refractivity contribution in [3.8, 4) is 0 Å². The van der Waals surface area contributed by atoms with Crippen LogP contribution in [0.4, 0.5) is 5.69 Å². The number of unbranched alkanes of at least 4 members (excludes halogenated alkanes) is 1. The topological polar surface area (TPSA) is 115 Å². The molecule has 0 aliphatic heterocycles. The quantitative estimate of drug-likeness (QED) is 0.668. The predicted octanol–water partition coefficient (Wildman–Crippen LogP) is 1.16. The van der Waals surface area contributed by atoms with E-state index in [1.165, 1.54) is 18.2 Å². The molecule has 0 unspecified atom stereocenters. The lowest BCUT2D eigenvalue weighted by Gasteiger charge is -2.08. The first-order valence-corrected chi connectivity index (χ1v) is 8.01. The maximum atomic E-state index is 11.6. The second kappa shape index (κ2) is 6.99. The van der Waals surface area contributed by atoms with Crippen LogP contribution in [-0.4, -0.2) is 20.9 Å². The van der Waals surface area contributed by atoms with Crippen molar-refractivity contribution in [2.75, 3.05) is 11.9 Å². The second-order valence-corrected chi connectivity index (χ2v) is 6.40. The van der Waals surface area contributed by atoms with E-state index in [0.717, 1.165) is 12.8 Å². The lowest BCUT2D eigenvalue weighted by atomic mass is 10.2. The van der Waals surface area contributed by atoms with Crippen LogP contribution in [0.2, 0.25) is 0 Å². The van der Waals surface area contributed by atoms with Crippen molar-refractivity contribution in [3.05, 3.63) is 22.7 Å². The predicted molar refractivity (Wildman–Crippen MR) is 77.1 cm³/mol. The molecule has 1 amide bonds. The molecule has 6 nitrogen and oxygen atoms in total. The number of primary sulfonamides is 1. The number of benzene rings is 1. The van der Waals surface area contributed by atoms with Gasteiger partial charge in [-0.15, -0.1) is 0 Å². The van der Waals surface area contributed by atoms with Crippen molar-refractivity contribution in [2.24, 2.45) is 10.9 Å². The van der Waals surface area contributed by atoms with Crippen LogP contribution in [-0.2, 0) is 14.8 Å². The molecule has 0 heterocycles. The number of amides is 1. The Kier molecular flexibility index (Phi) is 5.92. The summed E-state index contributed by atoms with van der Waals surface area (Å²) in [5, 5.41) is 7.70. The van der Waals surface area contributed by atoms with E-state index in [9.17, 15) is 13.2 Å². The summed E-state index contributed by atoms with van der Waals surface area (Å²) in [6.07, 6.45) is 1.88. The number of carbonyl (C=O) groups excluding carboxylic acids is 1. The lowest BCUT2D eigenvalue weighted by Crippen LogP contribution is -2.14. The molecule has 0 bridgehead atoms. The molecule has 0 spiro atoms. The molecule has 106 valence electrons. The van der Waals surface area contributed by atoms with E-state index in [-0.39, 0.29) is 10.8 Å². The molecule has 0 aromatic heterocycles. The Morgan fingerprint density at radius 1 is 1.32 bits per heavy atom. The molecule has 0 saturated heterocycles. The Hall–Kier alpha value is -0.960. The fourth-order valence-corrected chi connectivity index (χ4v) is 2.59. The molecular formula is C11H16BrN3O3S. The van der Waals surface area contributed by atoms with Crippen LogP contribution in [0.5, 0.6) is 0 Å². The van der Waals surface area contributed by atoms with Gasteiger partial charge in [0, 0.05) is 10.9 Å². The highest BCUT2D eigenvalue weighted by molar-refractivity contribution is 9.10. The Balaban J connectivity index is 2.73. The summed E-state index contributed by atoms with van der Waals surface area (Å²) in [4.78, 5) is 11.6. The molecule has 0 fully saturated rings. The highest BCUT2D eigenvalue weighted by Gasteiger charge is 2.11. The van der Waals surface area contributed by atoms with Crippen LogP contribution < -0.4 is 16.2 Å². The zero-order valence-electron chi connectivity index (χ0n) is 10.2. The van der Waals surface area contributed by atoms with Gasteiger partial charge in [0.15, 0.2) is 0 Å². The summed E-state index contributed by atoms with van der Waals surface area (Å²) >= 11 is 3.20. The number of halogens is 1. The van der Waals surface area contributed by atoms with Crippen LogP contribution >= 0.6 is 15.9 Å². The number of rotatable bonds is 6. The van der Waals surface area contributed by atoms with Crippen LogP contribution in [0.25, 0.3) is 0 Å². The highest BCUT2D eigenvalue weighted by atomic mass is 79.9. The summed E-state index contributed by atoms with van der Waals surface area (Å²) in [6, 6.07) is 4.19. The van der Waals surface area contributed by atoms with Gasteiger partial charge in [0.2, 0.25) is 15.9 Å². The van der Waals surface area contributed by atoms with Crippen LogP contribution in [0.1, 0.15) is 19.3 Å². The average Bonchev–Trinajstić information content (AvgIpc) is 2.31. The third-order valence-corrected chi connectivity index (χ3v) is 3.97. The van der Waals surface area contributed by atoms with Gasteiger partial charge in [0.1, 0.15) is 0 Å². The molecule has 1 aromatic carbocycles. The molecular weight excluding hydrogens is 334 g/mol. The zero-order chi connectivity index (χ0) is 14.5. The van der Waals surface area contributed by atoms with Gasteiger partial charge in [-0.2, -0.15) is 0 Å². The van der Waals surface area contributed by atoms with Gasteiger partial charge in [-0.25, -0.2) is 13.6 Å². The lowest BCUT2D eigenvalue weighted by molar-refractivity contribution is -0.116. The van der Waals surface area contributed by atoms with E-state index in [1.54, 1.807) is 0 Å². The smallest absolute Gasteiger partial charge is 0.238 e. The normalized spacial score (nSPS) is 11.3. The van der Waals surface area contributed by atoms with E-state index in [0.29, 0.717) is 23.1 Å². The van der Waals surface area contributed by atoms with Crippen molar-refractivity contribution in [3.63, 3.8) is 0 Å². The zero-order valence-corrected chi connectivity index (χ0v) is 12.6. The van der Waals surface area contributed by atoms with Crippen molar-refractivity contribution < 1.29 is 13.2 Å². The maximum absolute atomic E-state index is 11.6. The van der Waals surface area contributed by atoms with Crippen LogP contribution in [0.15, 0.2) is 27.6 Å². The molecule has 0 aliphatic rings. The minimum Gasteiger partial charge on any atom is -0.330 e. The van der Waals surface area contributed by atoms with Crippen molar-refractivity contribution >= 4 is 37.5 Å². The SMILES string of the molecule is NCCCCC(=O)Nc1ccc(S(N)(=O)=O)cc1Br. The standard InChI is InChI=1S/C11H16BrN3O3S/c12-9-7-8(19(14,17)18)4-5-10(9)15-11(16)3-1-2-6-13/h4-5,7H,1-3,6,13H2,(H,15,16)(H2,14,17,18). The van der Waals surface area contributed by atoms with Crippen LogP contribution in [0, 0.1) is 0 Å². The number of nitrogens with one attached hydrogen (secondary N) is 1. The van der Waals surface area contributed by atoms with Crippen molar-refractivity contribution in [1.29, 1.82) is 0 Å². The Morgan fingerprint density at radius 3 is 2.53 bits per heavy atom. The summed E-state index contributed by atoms with van der Waals surface area (Å²) in [5.74, 6) is -0.141. The summed E-state index contributed by atoms with van der Waals surface area (Å²) in [5.41, 5.74) is 5.85. The second-order valence-electron chi connectivity index (χ2n) is 3.98. The monoisotopic (exact) mass is 349 g/mol. The third-order valence-electron chi connectivity index (χ3n) is 2.40. The summed E-state index contributed by atoms with van der Waals surface area (Å²) in [6.45, 7) is 0.556. The van der Waals surface area contributed by atoms with Gasteiger partial charge in [0.25, 0.3) is 0 Å². The third kappa shape index (κ3) is 5.27. The molecule has 19 heavy (non-hydrogen) atoms. The van der Waals surface area contributed by atoms with E-state index in [2.05, 4.69) is 21.2 Å². The molecule has 0 radical (unpaired) electrons. The van der Waals surface area contributed by atoms with Gasteiger partial charge < -0.3 is 11.1 Å². The molecule has 1 rings (SSSR count). The minimum atomic E-state index is -3.74. The van der Waals surface area contributed by atoms with Crippen LogP contribution in [0.3, 0.4) is 0 Å². The number of hydrogen-bond acceptors (Lipinski definition) is 4. The maximum Gasteiger partial charge on any atom is 0.238 e. The van der Waals surface area contributed by atoms with E-state index in [4.69, 9.17) is 10.9 Å². The van der Waals surface area contributed by atoms with Gasteiger partial charge in [-0.05, 0) is 53.5 Å². The number of carbonyl (C=O) groups is 1. The first-order valence-electron chi connectivity index (χ1n) is 5.67. The van der Waals surface area contributed by atoms with Gasteiger partial charge >= 0.3 is 0 Å². The molecule has 0 saturated carbocycles. The molecule has 8 heteroatoms. The Morgan fingerprint density at radius 2 is 2.00 bits per heavy atom. The molecule has 5 N–H and O–H groups in total. The van der Waals surface area contributed by atoms with Gasteiger partial charge in [0.05, 0.1) is 10.6 Å². The van der Waals surface area contributed by atoms with Gasteiger partial charge in [-0.3, -0.25) is 4.79 Å². The van der Waals surface area contributed by atoms with Crippen molar-refractivity contribution in [1.82, 2.24) is 0 Å². The molecule has 1 aromatic rings. The first kappa shape index (κ1) is 16.1. The van der Waals surface area contributed by atoms with E-state index >= 15 is 0 Å². The first-order chi connectivity index (χ1) is 8.84. The molecule has 0 atom stereocenters. The van der Waals surface area contributed by atoms with Gasteiger partial charge in [-0.1, -0.05) is 0 Å². The number of anilines is 1. The largest absolute Gasteiger partial charge is 0.330 e. The van der Waals surface area contributed by atoms with E-state index in [1.807, 2.05) is 0 Å². The van der Waals surface area contributed by atoms with E-state index < -0.39 is 10.0 Å². The fourth-order valence-electron chi connectivity index (χ4n) is 1.42. The average molecular weight is 350 g/mol. The fraction of sp³-hybridized carbons (Fsp3) is 0.364.